The van der Waals surface area contributed by atoms with Gasteiger partial charge >= 0.3 is 0 Å². The van der Waals surface area contributed by atoms with E-state index >= 15 is 0 Å². The Hall–Kier alpha value is -0.520. The second kappa shape index (κ2) is 24.9. The number of halogens is 6. The lowest BCUT2D eigenvalue weighted by atomic mass is 9.99. The van der Waals surface area contributed by atoms with Crippen LogP contribution in [0.15, 0.2) is 0 Å². The summed E-state index contributed by atoms with van der Waals surface area (Å²) in [4.78, 5) is 82.7. The van der Waals surface area contributed by atoms with Crippen molar-refractivity contribution in [2.45, 2.75) is 37.4 Å². The summed E-state index contributed by atoms with van der Waals surface area (Å²) in [5.41, 5.74) is 4.71. The summed E-state index contributed by atoms with van der Waals surface area (Å²) in [6.07, 6.45) is -5.76. The molecule has 5 amide bonds. The molecular weight excluding hydrogens is 1450 g/mol. The van der Waals surface area contributed by atoms with Crippen LogP contribution in [0, 0.1) is 21.4 Å². The molecule has 0 aliphatic carbocycles. The van der Waals surface area contributed by atoms with E-state index in [1.165, 1.54) is 6.92 Å². The third kappa shape index (κ3) is 13.7. The molecule has 20 nitrogen and oxygen atoms in total. The number of amides is 5. The van der Waals surface area contributed by atoms with Crippen molar-refractivity contribution in [1.82, 2.24) is 15.5 Å². The van der Waals surface area contributed by atoms with Crippen molar-refractivity contribution in [2.24, 2.45) is 5.73 Å². The number of nitrogens with two attached hydrogens (primary N) is 1. The maximum atomic E-state index is 14.7. The van der Waals surface area contributed by atoms with Crippen molar-refractivity contribution < 1.29 is 69.6 Å². The summed E-state index contributed by atoms with van der Waals surface area (Å²) in [6.45, 7) is -3.78. The molecule has 0 aromatic heterocycles. The molecule has 0 spiro atoms. The molecule has 0 saturated heterocycles. The Morgan fingerprint density at radius 3 is 1.52 bits per heavy atom. The fourth-order valence-corrected chi connectivity index (χ4v) is 13.8. The number of rotatable bonds is 21. The number of aliphatic hydroxyl groups is 8. The Morgan fingerprint density at radius 2 is 1.03 bits per heavy atom. The molecule has 5 atom stereocenters. The molecule has 322 valence electrons. The van der Waals surface area contributed by atoms with Gasteiger partial charge in [0.15, 0.2) is 11.8 Å². The SMILES string of the molecule is CC(=O)Nc1c(I)c(C(=O)NCC(O)CO)c(I)c(C(=O)C(NCC(O)CO)C(=O)Nc2c(I)c(C(N)=O)c(I)c(C(=O)N(CC(O)CO)CC(O)CO)c2I)c1I. The van der Waals surface area contributed by atoms with Crippen molar-refractivity contribution in [2.75, 3.05) is 63.2 Å². The second-order valence-corrected chi connectivity index (χ2v) is 18.6. The van der Waals surface area contributed by atoms with Crippen LogP contribution >= 0.6 is 136 Å². The van der Waals surface area contributed by atoms with Crippen molar-refractivity contribution >= 4 is 182 Å². The van der Waals surface area contributed by atoms with E-state index in [9.17, 15) is 69.6 Å². The minimum absolute atomic E-state index is 0.00125. The average Bonchev–Trinajstić information content (AvgIpc) is 3.16. The van der Waals surface area contributed by atoms with Crippen LogP contribution in [-0.2, 0) is 9.59 Å². The van der Waals surface area contributed by atoms with E-state index in [1.807, 2.05) is 0 Å². The summed E-state index contributed by atoms with van der Waals surface area (Å²) >= 11 is 10.3. The highest BCUT2D eigenvalue weighted by atomic mass is 127. The topological polar surface area (TPSA) is 342 Å². The Kier molecular flexibility index (Phi) is 23.1. The van der Waals surface area contributed by atoms with Crippen LogP contribution in [0.1, 0.15) is 48.4 Å². The van der Waals surface area contributed by atoms with Gasteiger partial charge < -0.3 is 67.4 Å². The van der Waals surface area contributed by atoms with Crippen LogP contribution in [0.2, 0.25) is 0 Å². The Labute approximate surface area is 412 Å². The first kappa shape index (κ1) is 53.6. The molecule has 0 radical (unpaired) electrons. The standard InChI is InChI=1S/C32H38I6N6O14/c1-10(49)42-25-21(35)15(19(33)17(23(25)37)30(56)41-3-12(51)7-46)28(54)27(40-2-11(50)6-45)31(57)43-26-22(36)16(29(39)55)20(34)18(24(26)38)32(58)44(4-13(52)8-47)5-14(53)9-48/h11-14,27,40,45-48,50-53H,2-9H2,1H3,(H2,39,55)(H,41,56)(H,42,49)(H,43,57). The van der Waals surface area contributed by atoms with Crippen LogP contribution in [-0.4, -0.2) is 164 Å². The molecule has 0 aliphatic rings. The first-order chi connectivity index (χ1) is 27.1. The molecule has 0 bridgehead atoms. The van der Waals surface area contributed by atoms with E-state index in [0.29, 0.717) is 0 Å². The molecule has 14 N–H and O–H groups in total. The lowest BCUT2D eigenvalue weighted by molar-refractivity contribution is -0.117. The molecule has 2 aromatic rings. The number of carbonyl (C=O) groups excluding carboxylic acids is 6. The maximum absolute atomic E-state index is 14.7. The first-order valence-corrected chi connectivity index (χ1v) is 22.9. The number of anilines is 2. The van der Waals surface area contributed by atoms with E-state index in [0.717, 1.165) is 4.90 Å². The van der Waals surface area contributed by atoms with Gasteiger partial charge in [0.1, 0.15) is 0 Å². The van der Waals surface area contributed by atoms with Gasteiger partial charge in [-0.15, -0.1) is 0 Å². The van der Waals surface area contributed by atoms with Gasteiger partial charge in [-0.1, -0.05) is 0 Å². The molecule has 5 unspecified atom stereocenters. The predicted octanol–water partition coefficient (Wildman–Crippen LogP) is -1.26. The molecule has 0 heterocycles. The molecule has 2 rings (SSSR count). The van der Waals surface area contributed by atoms with E-state index in [-0.39, 0.29) is 61.6 Å². The maximum Gasteiger partial charge on any atom is 0.256 e. The molecule has 0 saturated carbocycles. The van der Waals surface area contributed by atoms with Gasteiger partial charge in [0, 0.05) is 49.4 Å². The van der Waals surface area contributed by atoms with Crippen LogP contribution in [0.5, 0.6) is 0 Å². The minimum atomic E-state index is -1.95. The number of Topliss-reactive ketones (excluding diaryl/α,β-unsaturated/α-hetero) is 1. The zero-order valence-electron chi connectivity index (χ0n) is 29.9. The number of carbonyl (C=O) groups is 6. The third-order valence-electron chi connectivity index (χ3n) is 7.69. The number of hydrogen-bond acceptors (Lipinski definition) is 15. The number of aliphatic hydroxyl groups excluding tert-OH is 8. The van der Waals surface area contributed by atoms with Gasteiger partial charge in [0.05, 0.1) is 89.6 Å². The Bertz CT molecular complexity index is 1900. The normalized spacial score (nSPS) is 13.8. The highest BCUT2D eigenvalue weighted by molar-refractivity contribution is 14.1. The van der Waals surface area contributed by atoms with Gasteiger partial charge in [-0.2, -0.15) is 0 Å². The van der Waals surface area contributed by atoms with Crippen LogP contribution in [0.25, 0.3) is 0 Å². The van der Waals surface area contributed by atoms with Crippen LogP contribution in [0.3, 0.4) is 0 Å². The highest BCUT2D eigenvalue weighted by Crippen LogP contribution is 2.38. The van der Waals surface area contributed by atoms with Crippen molar-refractivity contribution in [1.29, 1.82) is 0 Å². The van der Waals surface area contributed by atoms with Gasteiger partial charge in [0.2, 0.25) is 11.8 Å². The minimum Gasteiger partial charge on any atom is -0.394 e. The highest BCUT2D eigenvalue weighted by Gasteiger charge is 2.37. The van der Waals surface area contributed by atoms with E-state index in [4.69, 9.17) is 5.73 Å². The number of hydrogen-bond donors (Lipinski definition) is 13. The third-order valence-corrected chi connectivity index (χ3v) is 14.2. The summed E-state index contributed by atoms with van der Waals surface area (Å²) in [6, 6.07) is -1.95. The zero-order valence-corrected chi connectivity index (χ0v) is 42.8. The molecule has 0 aliphatic heterocycles. The fourth-order valence-electron chi connectivity index (χ4n) is 4.89. The lowest BCUT2D eigenvalue weighted by Crippen LogP contribution is -2.50. The van der Waals surface area contributed by atoms with Gasteiger partial charge in [-0.3, -0.25) is 34.1 Å². The zero-order chi connectivity index (χ0) is 44.3. The van der Waals surface area contributed by atoms with E-state index in [1.54, 1.807) is 136 Å². The lowest BCUT2D eigenvalue weighted by Gasteiger charge is -2.29. The molecule has 0 fully saturated rings. The van der Waals surface area contributed by atoms with Gasteiger partial charge in [-0.25, -0.2) is 0 Å². The Morgan fingerprint density at radius 1 is 0.603 bits per heavy atom. The number of nitrogens with zero attached hydrogens (tertiary/aromatic N) is 1. The second-order valence-electron chi connectivity index (χ2n) is 12.1. The number of ketones is 1. The summed E-state index contributed by atoms with van der Waals surface area (Å²) in [5.74, 6) is -5.47. The molecule has 2 aromatic carbocycles. The predicted molar refractivity (Wildman–Crippen MR) is 257 cm³/mol. The number of nitrogens with one attached hydrogen (secondary N) is 4. The van der Waals surface area contributed by atoms with E-state index in [2.05, 4.69) is 21.3 Å². The Balaban J connectivity index is 2.91. The first-order valence-electron chi connectivity index (χ1n) is 16.4. The summed E-state index contributed by atoms with van der Waals surface area (Å²) in [5, 5.41) is 88.3. The summed E-state index contributed by atoms with van der Waals surface area (Å²) in [7, 11) is 0. The van der Waals surface area contributed by atoms with Crippen LogP contribution < -0.4 is 27.0 Å². The van der Waals surface area contributed by atoms with E-state index < -0.39 is 112 Å². The molecule has 26 heteroatoms. The van der Waals surface area contributed by atoms with Crippen LogP contribution in [0.4, 0.5) is 11.4 Å². The monoisotopic (exact) mass is 1490 g/mol. The molecular formula is C32H38I6N6O14. The number of benzene rings is 2. The van der Waals surface area contributed by atoms with Crippen molar-refractivity contribution in [3.8, 4) is 0 Å². The number of primary amides is 1. The van der Waals surface area contributed by atoms with Crippen molar-refractivity contribution in [3.63, 3.8) is 0 Å². The average molecular weight is 1490 g/mol. The smallest absolute Gasteiger partial charge is 0.256 e. The quantitative estimate of drug-likeness (QED) is 0.0394. The summed E-state index contributed by atoms with van der Waals surface area (Å²) < 4.78 is 0.308. The van der Waals surface area contributed by atoms with Crippen molar-refractivity contribution in [3.05, 3.63) is 43.7 Å². The fraction of sp³-hybridized carbons (Fsp3) is 0.438. The molecule has 58 heavy (non-hydrogen) atoms. The largest absolute Gasteiger partial charge is 0.394 e. The van der Waals surface area contributed by atoms with Gasteiger partial charge in [-0.05, 0) is 136 Å². The van der Waals surface area contributed by atoms with Gasteiger partial charge in [0.25, 0.3) is 17.7 Å².